The topological polar surface area (TPSA) is 113 Å². The maximum atomic E-state index is 12.6. The lowest BCUT2D eigenvalue weighted by atomic mass is 9.94. The van der Waals surface area contributed by atoms with Crippen molar-refractivity contribution in [3.05, 3.63) is 44.5 Å². The van der Waals surface area contributed by atoms with E-state index >= 15 is 0 Å². The van der Waals surface area contributed by atoms with Crippen LogP contribution in [-0.2, 0) is 33.7 Å². The van der Waals surface area contributed by atoms with Crippen molar-refractivity contribution in [2.75, 3.05) is 26.6 Å². The summed E-state index contributed by atoms with van der Waals surface area (Å²) in [5, 5.41) is 3.19. The number of methoxy groups -OCH3 is 3. The molecular weight excluding hydrogens is 496 g/mol. The van der Waals surface area contributed by atoms with Gasteiger partial charge in [-0.1, -0.05) is 25.5 Å². The SMILES string of the molecule is COC(=O)c1nc(NC(=O)CC/C(C)=C/Cc2c(OC)c(C)c3c(c2OC)C(=O)OC3)sc1CC(C)C. The third-order valence-corrected chi connectivity index (χ3v) is 7.14. The van der Waals surface area contributed by atoms with Crippen LogP contribution in [0, 0.1) is 12.8 Å². The van der Waals surface area contributed by atoms with E-state index in [0.717, 1.165) is 27.1 Å². The molecule has 200 valence electrons. The Kier molecular flexibility index (Phi) is 9.31. The Morgan fingerprint density at radius 2 is 1.86 bits per heavy atom. The number of ether oxygens (including phenoxy) is 4. The molecule has 0 saturated carbocycles. The molecule has 1 aliphatic rings. The monoisotopic (exact) mass is 530 g/mol. The minimum absolute atomic E-state index is 0.194. The number of benzene rings is 1. The van der Waals surface area contributed by atoms with E-state index in [2.05, 4.69) is 24.1 Å². The number of allylic oxidation sites excluding steroid dienone is 2. The summed E-state index contributed by atoms with van der Waals surface area (Å²) in [6.07, 6.45) is 3.91. The molecular formula is C27H34N2O7S. The van der Waals surface area contributed by atoms with Crippen LogP contribution in [0.1, 0.15) is 76.0 Å². The maximum absolute atomic E-state index is 12.6. The smallest absolute Gasteiger partial charge is 0.357 e. The highest BCUT2D eigenvalue weighted by Gasteiger charge is 2.32. The number of rotatable bonds is 11. The maximum Gasteiger partial charge on any atom is 0.357 e. The lowest BCUT2D eigenvalue weighted by Crippen LogP contribution is -2.12. The molecule has 0 fully saturated rings. The first-order valence-electron chi connectivity index (χ1n) is 12.1. The Hall–Kier alpha value is -3.40. The second kappa shape index (κ2) is 12.2. The molecule has 1 N–H and O–H groups in total. The number of carbonyl (C=O) groups is 3. The molecule has 1 aliphatic heterocycles. The van der Waals surface area contributed by atoms with E-state index in [1.807, 2.05) is 19.9 Å². The highest BCUT2D eigenvalue weighted by molar-refractivity contribution is 7.16. The normalized spacial score (nSPS) is 12.9. The van der Waals surface area contributed by atoms with Crippen LogP contribution in [0.5, 0.6) is 11.5 Å². The van der Waals surface area contributed by atoms with E-state index in [0.29, 0.717) is 47.4 Å². The number of hydrogen-bond acceptors (Lipinski definition) is 9. The molecule has 1 aromatic carbocycles. The summed E-state index contributed by atoms with van der Waals surface area (Å²) >= 11 is 1.30. The highest BCUT2D eigenvalue weighted by Crippen LogP contribution is 2.42. The molecule has 0 aliphatic carbocycles. The van der Waals surface area contributed by atoms with Crippen molar-refractivity contribution in [2.24, 2.45) is 5.92 Å². The first-order chi connectivity index (χ1) is 17.6. The fourth-order valence-electron chi connectivity index (χ4n) is 4.28. The molecule has 9 nitrogen and oxygen atoms in total. The van der Waals surface area contributed by atoms with Crippen LogP contribution >= 0.6 is 11.3 Å². The Bertz CT molecular complexity index is 1230. The van der Waals surface area contributed by atoms with Gasteiger partial charge in [-0.25, -0.2) is 14.6 Å². The van der Waals surface area contributed by atoms with Gasteiger partial charge < -0.3 is 24.3 Å². The molecule has 0 bridgehead atoms. The van der Waals surface area contributed by atoms with Gasteiger partial charge in [-0.2, -0.15) is 0 Å². The van der Waals surface area contributed by atoms with Gasteiger partial charge in [-0.15, -0.1) is 11.3 Å². The summed E-state index contributed by atoms with van der Waals surface area (Å²) in [4.78, 5) is 42.1. The van der Waals surface area contributed by atoms with Gasteiger partial charge in [-0.05, 0) is 44.6 Å². The highest BCUT2D eigenvalue weighted by atomic mass is 32.1. The lowest BCUT2D eigenvalue weighted by molar-refractivity contribution is -0.116. The van der Waals surface area contributed by atoms with Crippen LogP contribution in [0.2, 0.25) is 0 Å². The summed E-state index contributed by atoms with van der Waals surface area (Å²) in [6, 6.07) is 0. The molecule has 0 atom stereocenters. The minimum Gasteiger partial charge on any atom is -0.496 e. The van der Waals surface area contributed by atoms with E-state index < -0.39 is 11.9 Å². The zero-order chi connectivity index (χ0) is 27.3. The first-order valence-corrected chi connectivity index (χ1v) is 12.9. The van der Waals surface area contributed by atoms with Crippen LogP contribution in [0.3, 0.4) is 0 Å². The van der Waals surface area contributed by atoms with Crippen molar-refractivity contribution in [2.45, 2.75) is 60.0 Å². The van der Waals surface area contributed by atoms with Gasteiger partial charge in [0.25, 0.3) is 0 Å². The van der Waals surface area contributed by atoms with Crippen molar-refractivity contribution < 1.29 is 33.3 Å². The predicted molar refractivity (Wildman–Crippen MR) is 141 cm³/mol. The molecule has 2 aromatic rings. The number of anilines is 1. The third kappa shape index (κ3) is 6.30. The third-order valence-electron chi connectivity index (χ3n) is 6.15. The molecule has 37 heavy (non-hydrogen) atoms. The molecule has 0 radical (unpaired) electrons. The molecule has 2 heterocycles. The minimum atomic E-state index is -0.507. The second-order valence-electron chi connectivity index (χ2n) is 9.28. The van der Waals surface area contributed by atoms with Gasteiger partial charge in [0.05, 0.1) is 21.3 Å². The Morgan fingerprint density at radius 1 is 1.16 bits per heavy atom. The summed E-state index contributed by atoms with van der Waals surface area (Å²) < 4.78 is 21.3. The van der Waals surface area contributed by atoms with Crippen LogP contribution in [-0.4, -0.2) is 44.2 Å². The number of amides is 1. The number of aromatic nitrogens is 1. The van der Waals surface area contributed by atoms with Gasteiger partial charge in [-0.3, -0.25) is 4.79 Å². The van der Waals surface area contributed by atoms with E-state index in [1.54, 1.807) is 7.11 Å². The summed E-state index contributed by atoms with van der Waals surface area (Å²) in [6.45, 7) is 8.15. The molecule has 10 heteroatoms. The summed E-state index contributed by atoms with van der Waals surface area (Å²) in [5.74, 6) is 0.359. The second-order valence-corrected chi connectivity index (χ2v) is 10.4. The average Bonchev–Trinajstić information content (AvgIpc) is 3.44. The lowest BCUT2D eigenvalue weighted by Gasteiger charge is -2.18. The van der Waals surface area contributed by atoms with Gasteiger partial charge in [0.1, 0.15) is 23.7 Å². The van der Waals surface area contributed by atoms with Crippen LogP contribution in [0.4, 0.5) is 5.13 Å². The fourth-order valence-corrected chi connectivity index (χ4v) is 5.45. The van der Waals surface area contributed by atoms with Gasteiger partial charge in [0.2, 0.25) is 5.91 Å². The summed E-state index contributed by atoms with van der Waals surface area (Å²) in [5.41, 5.74) is 4.11. The van der Waals surface area contributed by atoms with E-state index in [4.69, 9.17) is 18.9 Å². The number of hydrogen-bond donors (Lipinski definition) is 1. The van der Waals surface area contributed by atoms with Crippen molar-refractivity contribution in [1.29, 1.82) is 0 Å². The number of esters is 2. The van der Waals surface area contributed by atoms with E-state index in [-0.39, 0.29) is 24.6 Å². The molecule has 0 spiro atoms. The molecule has 1 amide bonds. The Balaban J connectivity index is 1.69. The molecule has 1 aromatic heterocycles. The quantitative estimate of drug-likeness (QED) is 0.318. The number of nitrogens with one attached hydrogen (secondary N) is 1. The number of fused-ring (bicyclic) bond motifs is 1. The first kappa shape index (κ1) is 28.2. The van der Waals surface area contributed by atoms with Crippen LogP contribution in [0.25, 0.3) is 0 Å². The van der Waals surface area contributed by atoms with E-state index in [1.165, 1.54) is 25.6 Å². The van der Waals surface area contributed by atoms with E-state index in [9.17, 15) is 14.4 Å². The zero-order valence-electron chi connectivity index (χ0n) is 22.4. The van der Waals surface area contributed by atoms with Gasteiger partial charge in [0, 0.05) is 22.4 Å². The predicted octanol–water partition coefficient (Wildman–Crippen LogP) is 5.03. The van der Waals surface area contributed by atoms with Gasteiger partial charge >= 0.3 is 11.9 Å². The standard InChI is InChI=1S/C27H34N2O7S/c1-14(2)12-19-22(26(32)35-7)29-27(37-19)28-20(30)11-9-15(3)8-10-17-23(33-5)16(4)18-13-36-25(31)21(18)24(17)34-6/h8,14H,9-13H2,1-7H3,(H,28,29,30)/b15-8+. The number of thiazole rings is 1. The van der Waals surface area contributed by atoms with Crippen LogP contribution in [0.15, 0.2) is 11.6 Å². The Morgan fingerprint density at radius 3 is 2.49 bits per heavy atom. The molecule has 3 rings (SSSR count). The van der Waals surface area contributed by atoms with Crippen molar-refractivity contribution in [3.63, 3.8) is 0 Å². The Labute approximate surface area is 221 Å². The number of carbonyl (C=O) groups excluding carboxylic acids is 3. The zero-order valence-corrected chi connectivity index (χ0v) is 23.2. The largest absolute Gasteiger partial charge is 0.496 e. The summed E-state index contributed by atoms with van der Waals surface area (Å²) in [7, 11) is 4.43. The van der Waals surface area contributed by atoms with Crippen LogP contribution < -0.4 is 14.8 Å². The number of nitrogens with zero attached hydrogens (tertiary/aromatic N) is 1. The van der Waals surface area contributed by atoms with Crippen molar-refractivity contribution in [3.8, 4) is 11.5 Å². The fraction of sp³-hybridized carbons (Fsp3) is 0.481. The van der Waals surface area contributed by atoms with Crippen molar-refractivity contribution in [1.82, 2.24) is 4.98 Å². The average molecular weight is 531 g/mol. The molecule has 0 unspecified atom stereocenters. The number of cyclic esters (lactones) is 1. The van der Waals surface area contributed by atoms with Gasteiger partial charge in [0.15, 0.2) is 10.8 Å². The van der Waals surface area contributed by atoms with Crippen molar-refractivity contribution >= 4 is 34.3 Å². The molecule has 0 saturated heterocycles.